The van der Waals surface area contributed by atoms with E-state index in [1.54, 1.807) is 0 Å². The average molecular weight is 176 g/mol. The van der Waals surface area contributed by atoms with Gasteiger partial charge in [0, 0.05) is 12.6 Å². The predicted molar refractivity (Wildman–Crippen MR) is 39.1 cm³/mol. The standard InChI is InChI=1S/C5H4ClN2O3/c6-5-3-4(8(10)11)1-2-7(5)9/h1,3H,2H2/q-1. The van der Waals surface area contributed by atoms with E-state index in [2.05, 4.69) is 0 Å². The van der Waals surface area contributed by atoms with Gasteiger partial charge in [-0.2, -0.15) is 0 Å². The zero-order valence-electron chi connectivity index (χ0n) is 5.36. The van der Waals surface area contributed by atoms with Gasteiger partial charge in [0.05, 0.1) is 11.0 Å². The summed E-state index contributed by atoms with van der Waals surface area (Å²) in [6.45, 7) is -0.0638. The van der Waals surface area contributed by atoms with Crippen molar-refractivity contribution in [2.75, 3.05) is 6.54 Å². The normalized spacial score (nSPS) is 17.5. The van der Waals surface area contributed by atoms with Crippen LogP contribution in [0.15, 0.2) is 23.0 Å². The summed E-state index contributed by atoms with van der Waals surface area (Å²) in [5.41, 5.74) is -0.137. The Labute approximate surface area is 67.3 Å². The van der Waals surface area contributed by atoms with Gasteiger partial charge in [0.2, 0.25) is 0 Å². The van der Waals surface area contributed by atoms with E-state index in [9.17, 15) is 15.3 Å². The Morgan fingerprint density at radius 3 is 2.82 bits per heavy atom. The summed E-state index contributed by atoms with van der Waals surface area (Å²) >= 11 is 5.34. The lowest BCUT2D eigenvalue weighted by molar-refractivity contribution is -0.419. The van der Waals surface area contributed by atoms with E-state index in [0.717, 1.165) is 6.08 Å². The molecule has 0 aliphatic carbocycles. The Balaban J connectivity index is 2.83. The van der Waals surface area contributed by atoms with Crippen molar-refractivity contribution in [3.8, 4) is 0 Å². The van der Waals surface area contributed by atoms with E-state index in [-0.39, 0.29) is 17.4 Å². The predicted octanol–water partition coefficient (Wildman–Crippen LogP) is 1.04. The lowest BCUT2D eigenvalue weighted by Gasteiger charge is -2.29. The zero-order chi connectivity index (χ0) is 8.43. The maximum atomic E-state index is 10.6. The van der Waals surface area contributed by atoms with E-state index in [1.165, 1.54) is 6.08 Å². The van der Waals surface area contributed by atoms with Crippen molar-refractivity contribution >= 4 is 11.6 Å². The molecule has 0 unspecified atom stereocenters. The molecule has 0 N–H and O–H groups in total. The molecule has 1 rings (SSSR count). The number of hydrogen-bond acceptors (Lipinski definition) is 4. The van der Waals surface area contributed by atoms with Crippen LogP contribution in [0.4, 0.5) is 0 Å². The highest BCUT2D eigenvalue weighted by Crippen LogP contribution is 2.16. The smallest absolute Gasteiger partial charge is 0.270 e. The summed E-state index contributed by atoms with van der Waals surface area (Å²) in [5.74, 6) is 0. The van der Waals surface area contributed by atoms with Crippen LogP contribution in [0.25, 0.3) is 0 Å². The van der Waals surface area contributed by atoms with Crippen molar-refractivity contribution in [2.45, 2.75) is 0 Å². The molecule has 0 bridgehead atoms. The van der Waals surface area contributed by atoms with Gasteiger partial charge in [-0.25, -0.2) is 0 Å². The minimum atomic E-state index is -0.588. The summed E-state index contributed by atoms with van der Waals surface area (Å²) in [6.07, 6.45) is 2.23. The van der Waals surface area contributed by atoms with Gasteiger partial charge < -0.3 is 10.3 Å². The monoisotopic (exact) mass is 175 g/mol. The number of hydroxylamine groups is 2. The van der Waals surface area contributed by atoms with Crippen LogP contribution in [0.1, 0.15) is 0 Å². The van der Waals surface area contributed by atoms with Crippen LogP contribution < -0.4 is 0 Å². The van der Waals surface area contributed by atoms with Crippen LogP contribution in [0.5, 0.6) is 0 Å². The number of hydrogen-bond donors (Lipinski definition) is 0. The molecule has 0 aromatic carbocycles. The van der Waals surface area contributed by atoms with Gasteiger partial charge in [0.15, 0.2) is 0 Å². The van der Waals surface area contributed by atoms with Crippen molar-refractivity contribution in [3.05, 3.63) is 38.3 Å². The van der Waals surface area contributed by atoms with E-state index >= 15 is 0 Å². The van der Waals surface area contributed by atoms with E-state index < -0.39 is 4.92 Å². The highest BCUT2D eigenvalue weighted by molar-refractivity contribution is 6.29. The number of halogens is 1. The number of rotatable bonds is 1. The van der Waals surface area contributed by atoms with Crippen molar-refractivity contribution < 1.29 is 4.92 Å². The topological polar surface area (TPSA) is 69.4 Å². The molecule has 1 heterocycles. The SMILES string of the molecule is O=[N+]([O-])C1=CCN([O-])C(Cl)=C1. The van der Waals surface area contributed by atoms with Gasteiger partial charge >= 0.3 is 0 Å². The summed E-state index contributed by atoms with van der Waals surface area (Å²) in [6, 6.07) is 0. The third kappa shape index (κ3) is 1.69. The van der Waals surface area contributed by atoms with E-state index in [4.69, 9.17) is 11.6 Å². The molecular weight excluding hydrogens is 172 g/mol. The summed E-state index contributed by atoms with van der Waals surface area (Å²) in [4.78, 5) is 9.53. The fourth-order valence-corrected chi connectivity index (χ4v) is 0.825. The second kappa shape index (κ2) is 2.89. The van der Waals surface area contributed by atoms with Crippen LogP contribution in [0.3, 0.4) is 0 Å². The number of nitrogens with zero attached hydrogens (tertiary/aromatic N) is 2. The highest BCUT2D eigenvalue weighted by Gasteiger charge is 2.12. The Bertz CT molecular complexity index is 248. The van der Waals surface area contributed by atoms with Crippen molar-refractivity contribution in [1.29, 1.82) is 0 Å². The molecule has 0 aromatic heterocycles. The third-order valence-corrected chi connectivity index (χ3v) is 1.48. The Morgan fingerprint density at radius 2 is 2.36 bits per heavy atom. The number of nitro groups is 1. The van der Waals surface area contributed by atoms with Gasteiger partial charge in [-0.3, -0.25) is 10.1 Å². The molecule has 5 nitrogen and oxygen atoms in total. The van der Waals surface area contributed by atoms with Crippen LogP contribution in [-0.2, 0) is 0 Å². The van der Waals surface area contributed by atoms with Crippen molar-refractivity contribution in [2.24, 2.45) is 0 Å². The molecule has 0 spiro atoms. The van der Waals surface area contributed by atoms with E-state index in [0.29, 0.717) is 5.06 Å². The van der Waals surface area contributed by atoms with E-state index in [1.807, 2.05) is 0 Å². The molecule has 0 atom stereocenters. The first-order valence-corrected chi connectivity index (χ1v) is 3.15. The molecule has 0 amide bonds. The first-order valence-electron chi connectivity index (χ1n) is 2.77. The van der Waals surface area contributed by atoms with Crippen LogP contribution in [0, 0.1) is 15.3 Å². The molecule has 6 heteroatoms. The largest absolute Gasteiger partial charge is 0.757 e. The molecule has 0 fully saturated rings. The summed E-state index contributed by atoms with van der Waals surface area (Å²) in [5, 5.41) is 21.0. The van der Waals surface area contributed by atoms with Gasteiger partial charge in [-0.1, -0.05) is 11.6 Å². The first kappa shape index (κ1) is 8.03. The molecule has 1 aliphatic heterocycles. The first-order chi connectivity index (χ1) is 5.11. The lowest BCUT2D eigenvalue weighted by atomic mass is 10.3. The molecule has 0 saturated heterocycles. The Hall–Kier alpha value is -1.07. The molecule has 0 saturated carbocycles. The zero-order valence-corrected chi connectivity index (χ0v) is 6.11. The molecule has 11 heavy (non-hydrogen) atoms. The van der Waals surface area contributed by atoms with Crippen molar-refractivity contribution in [3.63, 3.8) is 0 Å². The highest BCUT2D eigenvalue weighted by atomic mass is 35.5. The van der Waals surface area contributed by atoms with Gasteiger partial charge in [-0.05, 0) is 0 Å². The second-order valence-electron chi connectivity index (χ2n) is 1.91. The fourth-order valence-electron chi connectivity index (χ4n) is 0.644. The Kier molecular flexibility index (Phi) is 2.11. The number of allylic oxidation sites excluding steroid dienone is 1. The maximum absolute atomic E-state index is 10.6. The van der Waals surface area contributed by atoms with Gasteiger partial charge in [0.1, 0.15) is 5.16 Å². The summed E-state index contributed by atoms with van der Waals surface area (Å²) < 4.78 is 0. The minimum Gasteiger partial charge on any atom is -0.757 e. The second-order valence-corrected chi connectivity index (χ2v) is 2.30. The summed E-state index contributed by atoms with van der Waals surface area (Å²) in [7, 11) is 0. The molecule has 0 aromatic rings. The lowest BCUT2D eigenvalue weighted by Crippen LogP contribution is -2.17. The molecule has 60 valence electrons. The molecule has 0 radical (unpaired) electrons. The minimum absolute atomic E-state index is 0.0638. The third-order valence-electron chi connectivity index (χ3n) is 1.18. The van der Waals surface area contributed by atoms with Crippen molar-refractivity contribution in [1.82, 2.24) is 5.06 Å². The molecular formula is C5H4ClN2O3-. The maximum Gasteiger partial charge on any atom is 0.270 e. The molecule has 1 aliphatic rings. The van der Waals surface area contributed by atoms with Gasteiger partial charge in [0.25, 0.3) is 5.70 Å². The van der Waals surface area contributed by atoms with Gasteiger partial charge in [-0.15, -0.1) is 0 Å². The average Bonchev–Trinajstić information content (AvgIpc) is 1.94. The quantitative estimate of drug-likeness (QED) is 0.339. The fraction of sp³-hybridized carbons (Fsp3) is 0.200. The van der Waals surface area contributed by atoms with Crippen LogP contribution in [0.2, 0.25) is 0 Å². The Morgan fingerprint density at radius 1 is 1.73 bits per heavy atom. The van der Waals surface area contributed by atoms with Crippen LogP contribution in [-0.4, -0.2) is 16.5 Å². The van der Waals surface area contributed by atoms with Crippen LogP contribution >= 0.6 is 11.6 Å².